The van der Waals surface area contributed by atoms with Gasteiger partial charge in [0.05, 0.1) is 0 Å². The largest absolute Gasteiger partial charge is 0.0808 e. The summed E-state index contributed by atoms with van der Waals surface area (Å²) in [6.45, 7) is 4.19. The fourth-order valence-electron chi connectivity index (χ4n) is 1.03. The standard InChI is InChI=1S/C8H10.C5H6.Fe/c1-7-3-5-8(2)6-4-7;1-2-4-5-3-1;/h3-6H,1-2H3;1-4H,5H2;. The number of hydrogen-bond acceptors (Lipinski definition) is 0. The molecule has 0 saturated carbocycles. The smallest absolute Gasteiger partial charge is 0 e. The van der Waals surface area contributed by atoms with Gasteiger partial charge in [-0.25, -0.2) is 0 Å². The molecule has 1 heteroatoms. The van der Waals surface area contributed by atoms with Crippen molar-refractivity contribution in [3.63, 3.8) is 0 Å². The third-order valence-corrected chi connectivity index (χ3v) is 1.87. The quantitative estimate of drug-likeness (QED) is 0.592. The first-order chi connectivity index (χ1) is 6.29. The maximum Gasteiger partial charge on any atom is 0 e. The maximum atomic E-state index is 2.12. The molecule has 0 bridgehead atoms. The second-order valence-corrected chi connectivity index (χ2v) is 3.25. The number of aryl methyl sites for hydroxylation is 2. The predicted octanol–water partition coefficient (Wildman–Crippen LogP) is 3.80. The van der Waals surface area contributed by atoms with Crippen molar-refractivity contribution in [3.05, 3.63) is 59.7 Å². The van der Waals surface area contributed by atoms with Crippen LogP contribution in [0.5, 0.6) is 0 Å². The molecular weight excluding hydrogens is 212 g/mol. The second-order valence-electron chi connectivity index (χ2n) is 3.25. The fourth-order valence-corrected chi connectivity index (χ4v) is 1.03. The van der Waals surface area contributed by atoms with Crippen molar-refractivity contribution in [1.82, 2.24) is 0 Å². The number of hydrogen-bond donors (Lipinski definition) is 0. The van der Waals surface area contributed by atoms with Gasteiger partial charge in [0.2, 0.25) is 0 Å². The number of allylic oxidation sites excluding steroid dienone is 4. The summed E-state index contributed by atoms with van der Waals surface area (Å²) in [6, 6.07) is 8.48. The van der Waals surface area contributed by atoms with Gasteiger partial charge in [-0.1, -0.05) is 59.7 Å². The van der Waals surface area contributed by atoms with Crippen LogP contribution in [-0.2, 0) is 17.1 Å². The van der Waals surface area contributed by atoms with Crippen molar-refractivity contribution in [3.8, 4) is 0 Å². The third-order valence-electron chi connectivity index (χ3n) is 1.87. The van der Waals surface area contributed by atoms with Gasteiger partial charge in [0, 0.05) is 17.1 Å². The van der Waals surface area contributed by atoms with Gasteiger partial charge in [0.25, 0.3) is 0 Å². The second kappa shape index (κ2) is 7.61. The summed E-state index contributed by atoms with van der Waals surface area (Å²) in [5.41, 5.74) is 2.66. The van der Waals surface area contributed by atoms with E-state index in [4.69, 9.17) is 0 Å². The van der Waals surface area contributed by atoms with E-state index in [1.54, 1.807) is 0 Å². The molecule has 0 amide bonds. The Morgan fingerprint density at radius 2 is 1.14 bits per heavy atom. The van der Waals surface area contributed by atoms with Crippen molar-refractivity contribution >= 4 is 0 Å². The SMILES string of the molecule is C1=CCC=C1.Cc1ccc(C)cc1.[Fe]. The molecule has 0 nitrogen and oxygen atoms in total. The zero-order valence-corrected chi connectivity index (χ0v) is 9.78. The first kappa shape index (κ1) is 13.2. The van der Waals surface area contributed by atoms with E-state index in [0.29, 0.717) is 0 Å². The Balaban J connectivity index is 0.000000246. The van der Waals surface area contributed by atoms with E-state index in [1.165, 1.54) is 11.1 Å². The number of rotatable bonds is 0. The van der Waals surface area contributed by atoms with Crippen LogP contribution in [0.2, 0.25) is 0 Å². The van der Waals surface area contributed by atoms with Gasteiger partial charge in [0.15, 0.2) is 0 Å². The van der Waals surface area contributed by atoms with E-state index < -0.39 is 0 Å². The van der Waals surface area contributed by atoms with Crippen LogP contribution in [0.4, 0.5) is 0 Å². The fraction of sp³-hybridized carbons (Fsp3) is 0.231. The monoisotopic (exact) mass is 228 g/mol. The normalized spacial score (nSPS) is 11.6. The van der Waals surface area contributed by atoms with Crippen LogP contribution in [0.25, 0.3) is 0 Å². The molecule has 76 valence electrons. The summed E-state index contributed by atoms with van der Waals surface area (Å²) in [5.74, 6) is 0. The van der Waals surface area contributed by atoms with E-state index in [2.05, 4.69) is 62.4 Å². The zero-order valence-electron chi connectivity index (χ0n) is 8.68. The third kappa shape index (κ3) is 5.80. The predicted molar refractivity (Wildman–Crippen MR) is 58.8 cm³/mol. The molecule has 2 rings (SSSR count). The van der Waals surface area contributed by atoms with Gasteiger partial charge in [-0.3, -0.25) is 0 Å². The Bertz CT molecular complexity index is 263. The van der Waals surface area contributed by atoms with Crippen LogP contribution in [-0.4, -0.2) is 0 Å². The molecule has 14 heavy (non-hydrogen) atoms. The number of benzene rings is 1. The van der Waals surface area contributed by atoms with Gasteiger partial charge >= 0.3 is 0 Å². The average molecular weight is 228 g/mol. The van der Waals surface area contributed by atoms with Crippen molar-refractivity contribution in [2.75, 3.05) is 0 Å². The van der Waals surface area contributed by atoms with E-state index in [9.17, 15) is 0 Å². The van der Waals surface area contributed by atoms with E-state index in [-0.39, 0.29) is 17.1 Å². The molecule has 0 aromatic heterocycles. The Labute approximate surface area is 97.2 Å². The van der Waals surface area contributed by atoms with E-state index in [1.807, 2.05) is 0 Å². The van der Waals surface area contributed by atoms with Crippen LogP contribution < -0.4 is 0 Å². The topological polar surface area (TPSA) is 0 Å². The molecule has 1 aromatic rings. The van der Waals surface area contributed by atoms with E-state index >= 15 is 0 Å². The molecule has 0 radical (unpaired) electrons. The molecule has 0 heterocycles. The Hall–Kier alpha value is -0.781. The van der Waals surface area contributed by atoms with Crippen molar-refractivity contribution in [2.24, 2.45) is 0 Å². The minimum absolute atomic E-state index is 0. The first-order valence-electron chi connectivity index (χ1n) is 4.64. The molecule has 0 aliphatic heterocycles. The molecule has 0 saturated heterocycles. The molecule has 1 aromatic carbocycles. The summed E-state index contributed by atoms with van der Waals surface area (Å²) in [5, 5.41) is 0. The Kier molecular flexibility index (Phi) is 7.18. The molecule has 1 aliphatic rings. The summed E-state index contributed by atoms with van der Waals surface area (Å²) in [4.78, 5) is 0. The molecule has 0 fully saturated rings. The minimum atomic E-state index is 0. The molecular formula is C13H16Fe. The van der Waals surface area contributed by atoms with Gasteiger partial charge in [0.1, 0.15) is 0 Å². The average Bonchev–Trinajstić information content (AvgIpc) is 2.68. The van der Waals surface area contributed by atoms with Gasteiger partial charge in [-0.2, -0.15) is 0 Å². The molecule has 1 aliphatic carbocycles. The minimum Gasteiger partial charge on any atom is -0.0808 e. The van der Waals surface area contributed by atoms with Crippen molar-refractivity contribution in [2.45, 2.75) is 20.3 Å². The zero-order chi connectivity index (χ0) is 9.52. The molecule has 0 N–H and O–H groups in total. The van der Waals surface area contributed by atoms with Crippen LogP contribution in [0.15, 0.2) is 48.6 Å². The van der Waals surface area contributed by atoms with Gasteiger partial charge < -0.3 is 0 Å². The van der Waals surface area contributed by atoms with Gasteiger partial charge in [-0.05, 0) is 20.3 Å². The van der Waals surface area contributed by atoms with Gasteiger partial charge in [-0.15, -0.1) is 0 Å². The summed E-state index contributed by atoms with van der Waals surface area (Å²) in [7, 11) is 0. The van der Waals surface area contributed by atoms with E-state index in [0.717, 1.165) is 6.42 Å². The van der Waals surface area contributed by atoms with Crippen LogP contribution in [0.3, 0.4) is 0 Å². The van der Waals surface area contributed by atoms with Crippen LogP contribution in [0.1, 0.15) is 17.5 Å². The summed E-state index contributed by atoms with van der Waals surface area (Å²) >= 11 is 0. The Morgan fingerprint density at radius 3 is 1.36 bits per heavy atom. The summed E-state index contributed by atoms with van der Waals surface area (Å²) < 4.78 is 0. The molecule has 0 unspecified atom stereocenters. The molecule has 0 atom stereocenters. The van der Waals surface area contributed by atoms with Crippen LogP contribution >= 0.6 is 0 Å². The van der Waals surface area contributed by atoms with Crippen molar-refractivity contribution < 1.29 is 17.1 Å². The Morgan fingerprint density at radius 1 is 0.786 bits per heavy atom. The van der Waals surface area contributed by atoms with Crippen molar-refractivity contribution in [1.29, 1.82) is 0 Å². The molecule has 0 spiro atoms. The maximum absolute atomic E-state index is 2.12. The first-order valence-corrected chi connectivity index (χ1v) is 4.64. The summed E-state index contributed by atoms with van der Waals surface area (Å²) in [6.07, 6.45) is 9.50. The van der Waals surface area contributed by atoms with Crippen LogP contribution in [0, 0.1) is 13.8 Å².